The zero-order chi connectivity index (χ0) is 14.1. The highest BCUT2D eigenvalue weighted by atomic mass is 16.7. The van der Waals surface area contributed by atoms with Crippen LogP contribution in [0.15, 0.2) is 0 Å². The first-order valence-electron chi connectivity index (χ1n) is 5.43. The van der Waals surface area contributed by atoms with E-state index in [0.717, 1.165) is 6.42 Å². The van der Waals surface area contributed by atoms with Gasteiger partial charge in [0.15, 0.2) is 0 Å². The molecule has 0 heterocycles. The molecular weight excluding hydrogens is 224 g/mol. The molecular formula is C11H24N2O4. The van der Waals surface area contributed by atoms with E-state index in [2.05, 4.69) is 9.57 Å². The second kappa shape index (κ2) is 8.81. The predicted molar refractivity (Wildman–Crippen MR) is 65.1 cm³/mol. The Balaban J connectivity index is 0. The highest BCUT2D eigenvalue weighted by Crippen LogP contribution is 2.04. The summed E-state index contributed by atoms with van der Waals surface area (Å²) in [4.78, 5) is 25.4. The molecule has 0 saturated heterocycles. The van der Waals surface area contributed by atoms with Gasteiger partial charge in [0.1, 0.15) is 5.60 Å². The summed E-state index contributed by atoms with van der Waals surface area (Å²) in [5.41, 5.74) is 4.26. The van der Waals surface area contributed by atoms with E-state index in [1.807, 2.05) is 6.92 Å². The highest BCUT2D eigenvalue weighted by Gasteiger charge is 2.12. The minimum absolute atomic E-state index is 0.0278. The predicted octanol–water partition coefficient (Wildman–Crippen LogP) is 1.69. The molecule has 0 aliphatic rings. The first kappa shape index (κ1) is 18.1. The van der Waals surface area contributed by atoms with Gasteiger partial charge < -0.3 is 10.5 Å². The van der Waals surface area contributed by atoms with Crippen LogP contribution in [-0.4, -0.2) is 36.8 Å². The van der Waals surface area contributed by atoms with Crippen LogP contribution in [0.25, 0.3) is 0 Å². The molecule has 0 bridgehead atoms. The van der Waals surface area contributed by atoms with Crippen LogP contribution in [0.2, 0.25) is 0 Å². The maximum atomic E-state index is 10.8. The average Bonchev–Trinajstić information content (AvgIpc) is 2.14. The largest absolute Gasteiger partial charge is 0.444 e. The minimum Gasteiger partial charge on any atom is -0.444 e. The SMILES string of the molecule is CC(C)(C)OC(N)=O.CCCC(=O)N(C)OC. The number of carbonyl (C=O) groups excluding carboxylic acids is 2. The average molecular weight is 248 g/mol. The molecule has 0 aliphatic carbocycles. The van der Waals surface area contributed by atoms with Crippen LogP contribution >= 0.6 is 0 Å². The first-order valence-corrected chi connectivity index (χ1v) is 5.43. The molecule has 0 spiro atoms. The molecule has 0 unspecified atom stereocenters. The van der Waals surface area contributed by atoms with Gasteiger partial charge in [-0.05, 0) is 27.2 Å². The molecule has 0 saturated carbocycles. The molecule has 0 fully saturated rings. The van der Waals surface area contributed by atoms with Crippen LogP contribution in [0, 0.1) is 0 Å². The number of carbonyl (C=O) groups is 2. The van der Waals surface area contributed by atoms with E-state index in [4.69, 9.17) is 5.73 Å². The normalized spacial score (nSPS) is 10.0. The Hall–Kier alpha value is -1.30. The number of nitrogens with two attached hydrogens (primary N) is 1. The summed E-state index contributed by atoms with van der Waals surface area (Å²) in [5.74, 6) is 0.0278. The zero-order valence-electron chi connectivity index (χ0n) is 11.6. The fraction of sp³-hybridized carbons (Fsp3) is 0.818. The first-order chi connectivity index (χ1) is 7.64. The molecule has 0 aromatic rings. The van der Waals surface area contributed by atoms with Crippen molar-refractivity contribution in [2.24, 2.45) is 5.73 Å². The van der Waals surface area contributed by atoms with Crippen LogP contribution in [0.3, 0.4) is 0 Å². The number of hydrogen-bond acceptors (Lipinski definition) is 4. The maximum Gasteiger partial charge on any atom is 0.405 e. The molecule has 0 rings (SSSR count). The van der Waals surface area contributed by atoms with E-state index < -0.39 is 11.7 Å². The van der Waals surface area contributed by atoms with E-state index in [1.165, 1.54) is 12.2 Å². The summed E-state index contributed by atoms with van der Waals surface area (Å²) in [5, 5.41) is 1.24. The Kier molecular flexibility index (Phi) is 9.36. The summed E-state index contributed by atoms with van der Waals surface area (Å²) in [6.07, 6.45) is 0.703. The number of rotatable bonds is 3. The summed E-state index contributed by atoms with van der Waals surface area (Å²) in [7, 11) is 3.09. The summed E-state index contributed by atoms with van der Waals surface area (Å²) >= 11 is 0. The Morgan fingerprint density at radius 1 is 1.29 bits per heavy atom. The Labute approximate surface area is 103 Å². The second-order valence-corrected chi connectivity index (χ2v) is 4.36. The van der Waals surface area contributed by atoms with Crippen molar-refractivity contribution in [2.45, 2.75) is 46.1 Å². The molecule has 6 nitrogen and oxygen atoms in total. The standard InChI is InChI=1S/C6H13NO2.C5H11NO2/c1-4-5-6(8)7(2)9-3;1-5(2,3)8-4(6)7/h4-5H2,1-3H3;1-3H3,(H2,6,7). The lowest BCUT2D eigenvalue weighted by Gasteiger charge is -2.16. The van der Waals surface area contributed by atoms with Crippen molar-refractivity contribution in [2.75, 3.05) is 14.2 Å². The zero-order valence-corrected chi connectivity index (χ0v) is 11.6. The van der Waals surface area contributed by atoms with Crippen LogP contribution in [0.1, 0.15) is 40.5 Å². The third-order valence-corrected chi connectivity index (χ3v) is 1.50. The lowest BCUT2D eigenvalue weighted by atomic mass is 10.2. The van der Waals surface area contributed by atoms with Crippen LogP contribution in [0.4, 0.5) is 4.79 Å². The van der Waals surface area contributed by atoms with Crippen molar-refractivity contribution in [3.63, 3.8) is 0 Å². The maximum absolute atomic E-state index is 10.8. The van der Waals surface area contributed by atoms with Gasteiger partial charge in [-0.25, -0.2) is 9.86 Å². The highest BCUT2D eigenvalue weighted by molar-refractivity contribution is 5.74. The molecule has 0 aromatic heterocycles. The third kappa shape index (κ3) is 14.7. The van der Waals surface area contributed by atoms with Crippen molar-refractivity contribution in [1.82, 2.24) is 5.06 Å². The van der Waals surface area contributed by atoms with Gasteiger partial charge in [0.05, 0.1) is 7.11 Å². The van der Waals surface area contributed by atoms with Crippen molar-refractivity contribution < 1.29 is 19.2 Å². The minimum atomic E-state index is -0.725. The van der Waals surface area contributed by atoms with Crippen LogP contribution in [-0.2, 0) is 14.4 Å². The Morgan fingerprint density at radius 2 is 1.76 bits per heavy atom. The van der Waals surface area contributed by atoms with Crippen LogP contribution < -0.4 is 5.73 Å². The lowest BCUT2D eigenvalue weighted by molar-refractivity contribution is -0.168. The van der Waals surface area contributed by atoms with E-state index >= 15 is 0 Å². The molecule has 17 heavy (non-hydrogen) atoms. The second-order valence-electron chi connectivity index (χ2n) is 4.36. The van der Waals surface area contributed by atoms with Gasteiger partial charge >= 0.3 is 6.09 Å². The molecule has 0 aromatic carbocycles. The van der Waals surface area contributed by atoms with Gasteiger partial charge in [-0.15, -0.1) is 0 Å². The molecule has 2 N–H and O–H groups in total. The number of nitrogens with zero attached hydrogens (tertiary/aromatic N) is 1. The Bertz CT molecular complexity index is 236. The molecule has 2 amide bonds. The molecule has 0 radical (unpaired) electrons. The van der Waals surface area contributed by atoms with Crippen molar-refractivity contribution in [3.8, 4) is 0 Å². The smallest absolute Gasteiger partial charge is 0.405 e. The van der Waals surface area contributed by atoms with Gasteiger partial charge in [0, 0.05) is 13.5 Å². The fourth-order valence-electron chi connectivity index (χ4n) is 0.775. The molecule has 0 aliphatic heterocycles. The quantitative estimate of drug-likeness (QED) is 0.770. The van der Waals surface area contributed by atoms with E-state index in [9.17, 15) is 9.59 Å². The van der Waals surface area contributed by atoms with Gasteiger partial charge in [0.25, 0.3) is 0 Å². The van der Waals surface area contributed by atoms with E-state index in [0.29, 0.717) is 6.42 Å². The fourth-order valence-corrected chi connectivity index (χ4v) is 0.775. The van der Waals surface area contributed by atoms with Crippen molar-refractivity contribution in [1.29, 1.82) is 0 Å². The number of primary amides is 1. The molecule has 0 atom stereocenters. The number of hydroxylamine groups is 2. The summed E-state index contributed by atoms with van der Waals surface area (Å²) in [6, 6.07) is 0. The van der Waals surface area contributed by atoms with E-state index in [-0.39, 0.29) is 5.91 Å². The van der Waals surface area contributed by atoms with Crippen molar-refractivity contribution >= 4 is 12.0 Å². The summed E-state index contributed by atoms with van der Waals surface area (Å²) in [6.45, 7) is 7.24. The third-order valence-electron chi connectivity index (χ3n) is 1.50. The number of ether oxygens (including phenoxy) is 1. The lowest BCUT2D eigenvalue weighted by Crippen LogP contribution is -2.27. The van der Waals surface area contributed by atoms with Gasteiger partial charge in [0.2, 0.25) is 5.91 Å². The van der Waals surface area contributed by atoms with Gasteiger partial charge in [-0.3, -0.25) is 9.63 Å². The topological polar surface area (TPSA) is 81.9 Å². The monoisotopic (exact) mass is 248 g/mol. The Morgan fingerprint density at radius 3 is 1.94 bits per heavy atom. The van der Waals surface area contributed by atoms with Crippen molar-refractivity contribution in [3.05, 3.63) is 0 Å². The van der Waals surface area contributed by atoms with E-state index in [1.54, 1.807) is 27.8 Å². The van der Waals surface area contributed by atoms with Gasteiger partial charge in [-0.2, -0.15) is 0 Å². The number of amides is 2. The number of hydrogen-bond donors (Lipinski definition) is 1. The molecule has 6 heteroatoms. The van der Waals surface area contributed by atoms with Crippen LogP contribution in [0.5, 0.6) is 0 Å². The summed E-state index contributed by atoms with van der Waals surface area (Å²) < 4.78 is 4.58. The molecule has 102 valence electrons. The van der Waals surface area contributed by atoms with Gasteiger partial charge in [-0.1, -0.05) is 6.92 Å².